The lowest BCUT2D eigenvalue weighted by molar-refractivity contribution is -0.139. The molecule has 1 saturated heterocycles. The van der Waals surface area contributed by atoms with Gasteiger partial charge in [-0.05, 0) is 19.8 Å². The monoisotopic (exact) mass is 281 g/mol. The maximum atomic E-state index is 12.2. The van der Waals surface area contributed by atoms with E-state index in [0.29, 0.717) is 25.9 Å². The molecule has 4 nitrogen and oxygen atoms in total. The van der Waals surface area contributed by atoms with Gasteiger partial charge in [0.15, 0.2) is 0 Å². The van der Waals surface area contributed by atoms with Crippen molar-refractivity contribution >= 4 is 6.03 Å². The van der Waals surface area contributed by atoms with E-state index in [4.69, 9.17) is 0 Å². The number of carbonyl (C=O) groups excluding carboxylic acids is 1. The lowest BCUT2D eigenvalue weighted by atomic mass is 10.0. The number of urea groups is 1. The zero-order valence-corrected chi connectivity index (χ0v) is 11.6. The van der Waals surface area contributed by atoms with Gasteiger partial charge < -0.3 is 15.1 Å². The standard InChI is InChI=1S/C12H22F3N3O/c1-9(8-12(13,14)15)16-10-4-6-18(7-5-10)11(19)17(2)3/h9-10,16H,4-8H2,1-3H3. The fourth-order valence-corrected chi connectivity index (χ4v) is 2.33. The Labute approximate surface area is 111 Å². The van der Waals surface area contributed by atoms with Crippen molar-refractivity contribution in [3.05, 3.63) is 0 Å². The number of likely N-dealkylation sites (tertiary alicyclic amines) is 1. The molecule has 0 radical (unpaired) electrons. The highest BCUT2D eigenvalue weighted by Crippen LogP contribution is 2.22. The maximum absolute atomic E-state index is 12.2. The van der Waals surface area contributed by atoms with Gasteiger partial charge in [-0.25, -0.2) is 4.79 Å². The number of halogens is 3. The third kappa shape index (κ3) is 5.67. The smallest absolute Gasteiger partial charge is 0.331 e. The highest BCUT2D eigenvalue weighted by atomic mass is 19.4. The zero-order valence-electron chi connectivity index (χ0n) is 11.6. The summed E-state index contributed by atoms with van der Waals surface area (Å²) in [5.74, 6) is 0. The Bertz CT molecular complexity index is 299. The van der Waals surface area contributed by atoms with Gasteiger partial charge in [-0.1, -0.05) is 0 Å². The molecule has 19 heavy (non-hydrogen) atoms. The highest BCUT2D eigenvalue weighted by Gasteiger charge is 2.31. The van der Waals surface area contributed by atoms with Crippen LogP contribution in [0.25, 0.3) is 0 Å². The molecular formula is C12H22F3N3O. The first-order valence-electron chi connectivity index (χ1n) is 6.48. The van der Waals surface area contributed by atoms with Gasteiger partial charge in [0.05, 0.1) is 6.42 Å². The Hall–Kier alpha value is -0.980. The van der Waals surface area contributed by atoms with Crippen LogP contribution in [0.3, 0.4) is 0 Å². The van der Waals surface area contributed by atoms with E-state index in [9.17, 15) is 18.0 Å². The molecule has 0 spiro atoms. The van der Waals surface area contributed by atoms with Crippen LogP contribution in [0.15, 0.2) is 0 Å². The first-order chi connectivity index (χ1) is 8.69. The van der Waals surface area contributed by atoms with Crippen LogP contribution in [0.1, 0.15) is 26.2 Å². The summed E-state index contributed by atoms with van der Waals surface area (Å²) < 4.78 is 36.7. The Morgan fingerprint density at radius 3 is 2.32 bits per heavy atom. The van der Waals surface area contributed by atoms with Crippen molar-refractivity contribution in [1.29, 1.82) is 0 Å². The van der Waals surface area contributed by atoms with Gasteiger partial charge in [-0.15, -0.1) is 0 Å². The second kappa shape index (κ2) is 6.45. The molecule has 7 heteroatoms. The third-order valence-corrected chi connectivity index (χ3v) is 3.21. The minimum Gasteiger partial charge on any atom is -0.331 e. The molecule has 0 aromatic carbocycles. The largest absolute Gasteiger partial charge is 0.390 e. The minimum atomic E-state index is -4.13. The maximum Gasteiger partial charge on any atom is 0.390 e. The van der Waals surface area contributed by atoms with Gasteiger partial charge >= 0.3 is 12.2 Å². The molecule has 1 unspecified atom stereocenters. The molecule has 1 aliphatic heterocycles. The van der Waals surface area contributed by atoms with Gasteiger partial charge in [0.1, 0.15) is 0 Å². The van der Waals surface area contributed by atoms with Gasteiger partial charge in [-0.3, -0.25) is 0 Å². The molecule has 0 aromatic heterocycles. The van der Waals surface area contributed by atoms with E-state index in [1.165, 1.54) is 4.90 Å². The number of carbonyl (C=O) groups is 1. The summed E-state index contributed by atoms with van der Waals surface area (Å²) in [5, 5.41) is 2.99. The Morgan fingerprint density at radius 1 is 1.37 bits per heavy atom. The van der Waals surface area contributed by atoms with Gasteiger partial charge in [0.25, 0.3) is 0 Å². The molecule has 2 amide bonds. The van der Waals surface area contributed by atoms with Crippen LogP contribution < -0.4 is 5.32 Å². The Kier molecular flexibility index (Phi) is 5.46. The molecule has 1 aliphatic rings. The predicted molar refractivity (Wildman–Crippen MR) is 66.9 cm³/mol. The second-order valence-electron chi connectivity index (χ2n) is 5.33. The molecule has 0 aromatic rings. The second-order valence-corrected chi connectivity index (χ2v) is 5.33. The highest BCUT2D eigenvalue weighted by molar-refractivity contribution is 5.73. The lowest BCUT2D eigenvalue weighted by Gasteiger charge is -2.35. The number of rotatable bonds is 3. The van der Waals surface area contributed by atoms with Crippen molar-refractivity contribution in [2.24, 2.45) is 0 Å². The number of amides is 2. The Morgan fingerprint density at radius 2 is 1.89 bits per heavy atom. The van der Waals surface area contributed by atoms with E-state index in [-0.39, 0.29) is 12.1 Å². The van der Waals surface area contributed by atoms with E-state index < -0.39 is 18.6 Å². The zero-order chi connectivity index (χ0) is 14.6. The summed E-state index contributed by atoms with van der Waals surface area (Å²) in [6.07, 6.45) is -3.55. The summed E-state index contributed by atoms with van der Waals surface area (Å²) in [5.41, 5.74) is 0. The van der Waals surface area contributed by atoms with E-state index in [0.717, 1.165) is 0 Å². The molecule has 1 fully saturated rings. The first-order valence-corrected chi connectivity index (χ1v) is 6.48. The number of hydrogen-bond donors (Lipinski definition) is 1. The van der Waals surface area contributed by atoms with Crippen molar-refractivity contribution in [2.45, 2.75) is 44.4 Å². The van der Waals surface area contributed by atoms with Crippen molar-refractivity contribution < 1.29 is 18.0 Å². The molecule has 1 rings (SSSR count). The summed E-state index contributed by atoms with van der Waals surface area (Å²) >= 11 is 0. The average Bonchev–Trinajstić information content (AvgIpc) is 2.26. The van der Waals surface area contributed by atoms with Gasteiger partial charge in [-0.2, -0.15) is 13.2 Å². The van der Waals surface area contributed by atoms with E-state index >= 15 is 0 Å². The van der Waals surface area contributed by atoms with Crippen molar-refractivity contribution in [3.63, 3.8) is 0 Å². The van der Waals surface area contributed by atoms with Crippen molar-refractivity contribution in [3.8, 4) is 0 Å². The number of piperidine rings is 1. The molecule has 1 atom stereocenters. The average molecular weight is 281 g/mol. The van der Waals surface area contributed by atoms with Crippen LogP contribution in [-0.2, 0) is 0 Å². The number of nitrogens with one attached hydrogen (secondary N) is 1. The normalized spacial score (nSPS) is 19.4. The number of nitrogens with zero attached hydrogens (tertiary/aromatic N) is 2. The molecule has 1 heterocycles. The molecule has 0 bridgehead atoms. The fraction of sp³-hybridized carbons (Fsp3) is 0.917. The fourth-order valence-electron chi connectivity index (χ4n) is 2.33. The van der Waals surface area contributed by atoms with E-state index in [1.807, 2.05) is 0 Å². The first kappa shape index (κ1) is 16.1. The van der Waals surface area contributed by atoms with Crippen LogP contribution in [0.5, 0.6) is 0 Å². The van der Waals surface area contributed by atoms with Crippen LogP contribution in [0.4, 0.5) is 18.0 Å². The van der Waals surface area contributed by atoms with Crippen molar-refractivity contribution in [2.75, 3.05) is 27.2 Å². The van der Waals surface area contributed by atoms with Crippen LogP contribution in [0, 0.1) is 0 Å². The molecule has 0 saturated carbocycles. The van der Waals surface area contributed by atoms with Gasteiger partial charge in [0, 0.05) is 39.3 Å². The number of hydrogen-bond acceptors (Lipinski definition) is 2. The summed E-state index contributed by atoms with van der Waals surface area (Å²) in [6.45, 7) is 2.73. The third-order valence-electron chi connectivity index (χ3n) is 3.21. The summed E-state index contributed by atoms with van der Waals surface area (Å²) in [4.78, 5) is 14.9. The summed E-state index contributed by atoms with van der Waals surface area (Å²) in [7, 11) is 3.39. The molecular weight excluding hydrogens is 259 g/mol. The number of alkyl halides is 3. The van der Waals surface area contributed by atoms with E-state index in [1.54, 1.807) is 25.9 Å². The van der Waals surface area contributed by atoms with Crippen molar-refractivity contribution in [1.82, 2.24) is 15.1 Å². The summed E-state index contributed by atoms with van der Waals surface area (Å²) in [6, 6.07) is -0.563. The lowest BCUT2D eigenvalue weighted by Crippen LogP contribution is -2.50. The SMILES string of the molecule is CC(CC(F)(F)F)NC1CCN(C(=O)N(C)C)CC1. The van der Waals surface area contributed by atoms with E-state index in [2.05, 4.69) is 5.32 Å². The van der Waals surface area contributed by atoms with Crippen LogP contribution in [-0.4, -0.2) is 61.3 Å². The molecule has 112 valence electrons. The predicted octanol–water partition coefficient (Wildman–Crippen LogP) is 2.06. The topological polar surface area (TPSA) is 35.6 Å². The minimum absolute atomic E-state index is 0.0400. The van der Waals surface area contributed by atoms with Crippen LogP contribution >= 0.6 is 0 Å². The molecule has 0 aliphatic carbocycles. The molecule has 1 N–H and O–H groups in total. The van der Waals surface area contributed by atoms with Gasteiger partial charge in [0.2, 0.25) is 0 Å². The Balaban J connectivity index is 2.32. The van der Waals surface area contributed by atoms with Crippen LogP contribution in [0.2, 0.25) is 0 Å². The quantitative estimate of drug-likeness (QED) is 0.859.